The number of hydrogen-bond donors (Lipinski definition) is 3. The zero-order valence-electron chi connectivity index (χ0n) is 11.3. The minimum atomic E-state index is -1.03. The SMILES string of the molecule is CCC[C@H](NC(=O)Nc1nc(CC)c(C)s1)C(=O)O. The van der Waals surface area contributed by atoms with Crippen molar-refractivity contribution in [1.82, 2.24) is 10.3 Å². The lowest BCUT2D eigenvalue weighted by Gasteiger charge is -2.13. The Morgan fingerprint density at radius 2 is 2.11 bits per heavy atom. The van der Waals surface area contributed by atoms with Gasteiger partial charge < -0.3 is 10.4 Å². The summed E-state index contributed by atoms with van der Waals surface area (Å²) in [4.78, 5) is 27.9. The number of carbonyl (C=O) groups excluding carboxylic acids is 1. The fourth-order valence-electron chi connectivity index (χ4n) is 1.65. The summed E-state index contributed by atoms with van der Waals surface area (Å²) in [5.41, 5.74) is 0.948. The molecule has 0 bridgehead atoms. The molecule has 0 fully saturated rings. The lowest BCUT2D eigenvalue weighted by molar-refractivity contribution is -0.139. The van der Waals surface area contributed by atoms with Gasteiger partial charge in [0.2, 0.25) is 0 Å². The summed E-state index contributed by atoms with van der Waals surface area (Å²) in [6.45, 7) is 5.80. The molecule has 1 aromatic rings. The highest BCUT2D eigenvalue weighted by Crippen LogP contribution is 2.22. The Balaban J connectivity index is 2.60. The number of thiazole rings is 1. The number of rotatable bonds is 6. The quantitative estimate of drug-likeness (QED) is 0.748. The lowest BCUT2D eigenvalue weighted by Crippen LogP contribution is -2.42. The van der Waals surface area contributed by atoms with E-state index in [4.69, 9.17) is 5.11 Å². The van der Waals surface area contributed by atoms with Crippen LogP contribution in [0.2, 0.25) is 0 Å². The predicted octanol–water partition coefficient (Wildman–Crippen LogP) is 2.39. The van der Waals surface area contributed by atoms with Crippen molar-refractivity contribution < 1.29 is 14.7 Å². The Bertz CT molecular complexity index is 459. The number of carbonyl (C=O) groups is 2. The fraction of sp³-hybridized carbons (Fsp3) is 0.583. The molecule has 0 saturated carbocycles. The van der Waals surface area contributed by atoms with Gasteiger partial charge in [-0.2, -0.15) is 0 Å². The molecule has 2 amide bonds. The highest BCUT2D eigenvalue weighted by molar-refractivity contribution is 7.15. The van der Waals surface area contributed by atoms with Crippen LogP contribution in [-0.2, 0) is 11.2 Å². The van der Waals surface area contributed by atoms with Crippen molar-refractivity contribution in [2.24, 2.45) is 0 Å². The summed E-state index contributed by atoms with van der Waals surface area (Å²) >= 11 is 1.39. The van der Waals surface area contributed by atoms with Crippen LogP contribution in [0.4, 0.5) is 9.93 Å². The molecule has 1 atom stereocenters. The number of urea groups is 1. The van der Waals surface area contributed by atoms with Crippen molar-refractivity contribution >= 4 is 28.5 Å². The third-order valence-electron chi connectivity index (χ3n) is 2.63. The van der Waals surface area contributed by atoms with E-state index in [1.54, 1.807) is 0 Å². The number of hydrogen-bond acceptors (Lipinski definition) is 4. The van der Waals surface area contributed by atoms with Crippen LogP contribution < -0.4 is 10.6 Å². The molecule has 0 aliphatic carbocycles. The molecule has 6 nitrogen and oxygen atoms in total. The van der Waals surface area contributed by atoms with Gasteiger partial charge in [-0.25, -0.2) is 14.6 Å². The molecule has 3 N–H and O–H groups in total. The second-order valence-electron chi connectivity index (χ2n) is 4.15. The minimum Gasteiger partial charge on any atom is -0.480 e. The first-order valence-electron chi connectivity index (χ1n) is 6.24. The first-order valence-corrected chi connectivity index (χ1v) is 7.06. The van der Waals surface area contributed by atoms with Crippen molar-refractivity contribution in [2.45, 2.75) is 46.1 Å². The van der Waals surface area contributed by atoms with E-state index < -0.39 is 18.0 Å². The van der Waals surface area contributed by atoms with Crippen molar-refractivity contribution in [1.29, 1.82) is 0 Å². The van der Waals surface area contributed by atoms with E-state index in [9.17, 15) is 9.59 Å². The Labute approximate surface area is 116 Å². The summed E-state index contributed by atoms with van der Waals surface area (Å²) in [7, 11) is 0. The zero-order valence-corrected chi connectivity index (χ0v) is 12.1. The summed E-state index contributed by atoms with van der Waals surface area (Å²) in [6.07, 6.45) is 1.90. The van der Waals surface area contributed by atoms with Crippen molar-refractivity contribution in [3.8, 4) is 0 Å². The van der Waals surface area contributed by atoms with Gasteiger partial charge in [0.25, 0.3) is 0 Å². The molecule has 0 aliphatic heterocycles. The van der Waals surface area contributed by atoms with Gasteiger partial charge in [-0.3, -0.25) is 5.32 Å². The number of aryl methyl sites for hydroxylation is 2. The van der Waals surface area contributed by atoms with Crippen LogP contribution in [0.3, 0.4) is 0 Å². The van der Waals surface area contributed by atoms with Crippen LogP contribution in [0.15, 0.2) is 0 Å². The molecule has 1 heterocycles. The molecule has 1 aromatic heterocycles. The molecule has 0 radical (unpaired) electrons. The van der Waals surface area contributed by atoms with Gasteiger partial charge in [-0.15, -0.1) is 11.3 Å². The average molecular weight is 285 g/mol. The van der Waals surface area contributed by atoms with Gasteiger partial charge in [0.1, 0.15) is 6.04 Å². The number of anilines is 1. The number of nitrogens with one attached hydrogen (secondary N) is 2. The minimum absolute atomic E-state index is 0.403. The van der Waals surface area contributed by atoms with Gasteiger partial charge in [0, 0.05) is 4.88 Å². The van der Waals surface area contributed by atoms with Crippen LogP contribution in [0, 0.1) is 6.92 Å². The van der Waals surface area contributed by atoms with Crippen molar-refractivity contribution in [2.75, 3.05) is 5.32 Å². The number of carboxylic acid groups (broad SMARTS) is 1. The number of carboxylic acids is 1. The summed E-state index contributed by atoms with van der Waals surface area (Å²) in [5, 5.41) is 14.4. The van der Waals surface area contributed by atoms with E-state index in [0.29, 0.717) is 18.0 Å². The average Bonchev–Trinajstić information content (AvgIpc) is 2.68. The fourth-order valence-corrected chi connectivity index (χ4v) is 2.54. The van der Waals surface area contributed by atoms with E-state index >= 15 is 0 Å². The molecule has 106 valence electrons. The molecule has 1 rings (SSSR count). The smallest absolute Gasteiger partial charge is 0.326 e. The van der Waals surface area contributed by atoms with Gasteiger partial charge in [0.05, 0.1) is 5.69 Å². The van der Waals surface area contributed by atoms with Gasteiger partial charge in [-0.05, 0) is 19.8 Å². The highest BCUT2D eigenvalue weighted by atomic mass is 32.1. The first-order chi connectivity index (χ1) is 8.97. The molecule has 0 saturated heterocycles. The van der Waals surface area contributed by atoms with E-state index in [-0.39, 0.29) is 0 Å². The lowest BCUT2D eigenvalue weighted by atomic mass is 10.2. The zero-order chi connectivity index (χ0) is 14.4. The van der Waals surface area contributed by atoms with Crippen LogP contribution in [0.5, 0.6) is 0 Å². The Hall–Kier alpha value is -1.63. The predicted molar refractivity (Wildman–Crippen MR) is 74.7 cm³/mol. The number of nitrogens with zero attached hydrogens (tertiary/aromatic N) is 1. The largest absolute Gasteiger partial charge is 0.480 e. The van der Waals surface area contributed by atoms with Gasteiger partial charge >= 0.3 is 12.0 Å². The molecule has 7 heteroatoms. The van der Waals surface area contributed by atoms with Crippen molar-refractivity contribution in [3.05, 3.63) is 10.6 Å². The Morgan fingerprint density at radius 3 is 2.58 bits per heavy atom. The van der Waals surface area contributed by atoms with Gasteiger partial charge in [-0.1, -0.05) is 20.3 Å². The molecular weight excluding hydrogens is 266 g/mol. The van der Waals surface area contributed by atoms with Crippen LogP contribution in [0.1, 0.15) is 37.3 Å². The van der Waals surface area contributed by atoms with E-state index in [2.05, 4.69) is 15.6 Å². The number of aliphatic carboxylic acids is 1. The maximum absolute atomic E-state index is 11.7. The van der Waals surface area contributed by atoms with E-state index in [1.165, 1.54) is 11.3 Å². The van der Waals surface area contributed by atoms with Crippen LogP contribution >= 0.6 is 11.3 Å². The molecule has 0 aromatic carbocycles. The maximum atomic E-state index is 11.7. The normalized spacial score (nSPS) is 11.9. The molecule has 0 spiro atoms. The topological polar surface area (TPSA) is 91.3 Å². The van der Waals surface area contributed by atoms with Gasteiger partial charge in [0.15, 0.2) is 5.13 Å². The monoisotopic (exact) mass is 285 g/mol. The third-order valence-corrected chi connectivity index (χ3v) is 3.56. The molecule has 0 unspecified atom stereocenters. The second-order valence-corrected chi connectivity index (χ2v) is 5.36. The van der Waals surface area contributed by atoms with E-state index in [0.717, 1.165) is 17.0 Å². The Morgan fingerprint density at radius 1 is 1.42 bits per heavy atom. The Kier molecular flexibility index (Phi) is 5.75. The standard InChI is InChI=1S/C12H19N3O3S/c1-4-6-9(10(16)17)13-11(18)15-12-14-8(5-2)7(3)19-12/h9H,4-6H2,1-3H3,(H,16,17)(H2,13,14,15,18)/t9-/m0/s1. The first kappa shape index (κ1) is 15.4. The molecule has 0 aliphatic rings. The van der Waals surface area contributed by atoms with Crippen LogP contribution in [-0.4, -0.2) is 28.1 Å². The van der Waals surface area contributed by atoms with Crippen LogP contribution in [0.25, 0.3) is 0 Å². The van der Waals surface area contributed by atoms with E-state index in [1.807, 2.05) is 20.8 Å². The molecule has 19 heavy (non-hydrogen) atoms. The second kappa shape index (κ2) is 7.08. The number of aromatic nitrogens is 1. The number of amides is 2. The summed E-state index contributed by atoms with van der Waals surface area (Å²) in [6, 6.07) is -1.39. The highest BCUT2D eigenvalue weighted by Gasteiger charge is 2.19. The maximum Gasteiger partial charge on any atom is 0.326 e. The summed E-state index contributed by atoms with van der Waals surface area (Å²) < 4.78 is 0. The van der Waals surface area contributed by atoms with Crippen molar-refractivity contribution in [3.63, 3.8) is 0 Å². The third kappa shape index (κ3) is 4.51. The summed E-state index contributed by atoms with van der Waals surface area (Å²) in [5.74, 6) is -1.03. The molecular formula is C12H19N3O3S.